The Labute approximate surface area is 259 Å². The maximum Gasteiger partial charge on any atom is 0.255 e. The van der Waals surface area contributed by atoms with Crippen LogP contribution in [0.4, 0.5) is 0 Å². The Balaban J connectivity index is 0.00000882. The van der Waals surface area contributed by atoms with Crippen LogP contribution in [-0.2, 0) is 14.3 Å². The topological polar surface area (TPSA) is 132 Å². The third-order valence-electron chi connectivity index (χ3n) is 8.75. The molecule has 5 N–H and O–H groups in total. The van der Waals surface area contributed by atoms with Gasteiger partial charge in [-0.2, -0.15) is 0 Å². The summed E-state index contributed by atoms with van der Waals surface area (Å²) in [6, 6.07) is 6.69. The van der Waals surface area contributed by atoms with Gasteiger partial charge in [0, 0.05) is 45.4 Å². The largest absolute Gasteiger partial charge is 0.493 e. The van der Waals surface area contributed by atoms with Crippen molar-refractivity contribution in [2.75, 3.05) is 40.5 Å². The lowest BCUT2D eigenvalue weighted by atomic mass is 9.70. The zero-order valence-corrected chi connectivity index (χ0v) is 27.3. The molecule has 3 atom stereocenters. The van der Waals surface area contributed by atoms with E-state index < -0.39 is 17.6 Å². The summed E-state index contributed by atoms with van der Waals surface area (Å²) >= 11 is 0. The van der Waals surface area contributed by atoms with E-state index in [9.17, 15) is 14.7 Å². The molecule has 0 bridgehead atoms. The molecular formula is C32H56ClN3O6. The summed E-state index contributed by atoms with van der Waals surface area (Å²) in [7, 11) is 3.42. The van der Waals surface area contributed by atoms with Crippen LogP contribution in [0.3, 0.4) is 0 Å². The summed E-state index contributed by atoms with van der Waals surface area (Å²) < 4.78 is 16.4. The lowest BCUT2D eigenvalue weighted by Gasteiger charge is -2.38. The van der Waals surface area contributed by atoms with Crippen molar-refractivity contribution in [3.05, 3.63) is 29.8 Å². The van der Waals surface area contributed by atoms with Crippen molar-refractivity contribution in [3.8, 4) is 5.75 Å². The number of aliphatic hydroxyl groups is 1. The number of para-hydroxylation sites is 1. The van der Waals surface area contributed by atoms with Gasteiger partial charge in [-0.1, -0.05) is 39.8 Å². The first kappa shape index (κ1) is 38.1. The number of halogens is 1. The molecule has 0 spiro atoms. The molecule has 0 aliphatic heterocycles. The number of amides is 2. The first-order valence-electron chi connectivity index (χ1n) is 15.2. The molecule has 1 saturated carbocycles. The van der Waals surface area contributed by atoms with Crippen molar-refractivity contribution in [2.24, 2.45) is 28.9 Å². The SMILES string of the molecule is COCCCCOc1ccccc1C(=O)NCC(CC(N)C(O)CNC(=O)C(C)(C)C1CCC(OC)CC1)C(C)C.Cl. The molecule has 0 radical (unpaired) electrons. The molecule has 10 heteroatoms. The minimum absolute atomic E-state index is 0. The van der Waals surface area contributed by atoms with Crippen molar-refractivity contribution in [3.63, 3.8) is 0 Å². The highest BCUT2D eigenvalue weighted by Gasteiger charge is 2.39. The molecule has 42 heavy (non-hydrogen) atoms. The van der Waals surface area contributed by atoms with E-state index in [0.717, 1.165) is 38.5 Å². The molecule has 9 nitrogen and oxygen atoms in total. The highest BCUT2D eigenvalue weighted by molar-refractivity contribution is 5.96. The summed E-state index contributed by atoms with van der Waals surface area (Å²) in [5.41, 5.74) is 6.36. The van der Waals surface area contributed by atoms with E-state index in [4.69, 9.17) is 19.9 Å². The van der Waals surface area contributed by atoms with Crippen molar-refractivity contribution in [2.45, 2.75) is 90.9 Å². The van der Waals surface area contributed by atoms with Gasteiger partial charge in [-0.3, -0.25) is 9.59 Å². The van der Waals surface area contributed by atoms with Crippen molar-refractivity contribution >= 4 is 24.2 Å². The maximum atomic E-state index is 13.1. The predicted octanol–water partition coefficient (Wildman–Crippen LogP) is 4.34. The molecule has 1 aromatic rings. The van der Waals surface area contributed by atoms with E-state index in [0.29, 0.717) is 37.5 Å². The van der Waals surface area contributed by atoms with Crippen molar-refractivity contribution < 1.29 is 28.9 Å². The van der Waals surface area contributed by atoms with Gasteiger partial charge in [-0.05, 0) is 74.8 Å². The fourth-order valence-corrected chi connectivity index (χ4v) is 5.51. The number of carbonyl (C=O) groups is 2. The fourth-order valence-electron chi connectivity index (χ4n) is 5.51. The highest BCUT2D eigenvalue weighted by atomic mass is 35.5. The van der Waals surface area contributed by atoms with E-state index in [1.54, 1.807) is 26.4 Å². The summed E-state index contributed by atoms with van der Waals surface area (Å²) in [6.45, 7) is 9.83. The van der Waals surface area contributed by atoms with Gasteiger partial charge in [0.15, 0.2) is 0 Å². The van der Waals surface area contributed by atoms with Gasteiger partial charge in [0.1, 0.15) is 5.75 Å². The third-order valence-corrected chi connectivity index (χ3v) is 8.75. The van der Waals surface area contributed by atoms with Crippen LogP contribution >= 0.6 is 12.4 Å². The van der Waals surface area contributed by atoms with Crippen LogP contribution in [0, 0.1) is 23.2 Å². The van der Waals surface area contributed by atoms with E-state index in [1.165, 1.54) is 0 Å². The van der Waals surface area contributed by atoms with Crippen LogP contribution in [0.1, 0.15) is 83.0 Å². The van der Waals surface area contributed by atoms with E-state index in [-0.39, 0.29) is 54.6 Å². The normalized spacial score (nSPS) is 19.4. The average molecular weight is 614 g/mol. The first-order valence-corrected chi connectivity index (χ1v) is 15.2. The smallest absolute Gasteiger partial charge is 0.255 e. The van der Waals surface area contributed by atoms with E-state index >= 15 is 0 Å². The van der Waals surface area contributed by atoms with Crippen LogP contribution in [0.2, 0.25) is 0 Å². The molecule has 2 rings (SSSR count). The number of nitrogens with one attached hydrogen (secondary N) is 2. The number of hydrogen-bond acceptors (Lipinski definition) is 7. The number of ether oxygens (including phenoxy) is 3. The zero-order chi connectivity index (χ0) is 30.4. The Morgan fingerprint density at radius 3 is 2.29 bits per heavy atom. The van der Waals surface area contributed by atoms with E-state index in [2.05, 4.69) is 24.5 Å². The second kappa shape index (κ2) is 19.4. The lowest BCUT2D eigenvalue weighted by Crippen LogP contribution is -2.49. The monoisotopic (exact) mass is 613 g/mol. The van der Waals surface area contributed by atoms with Crippen LogP contribution in [0.5, 0.6) is 5.75 Å². The van der Waals surface area contributed by atoms with Gasteiger partial charge in [-0.15, -0.1) is 12.4 Å². The molecule has 2 amide bonds. The molecule has 3 unspecified atom stereocenters. The van der Waals surface area contributed by atoms with Gasteiger partial charge in [0.05, 0.1) is 24.4 Å². The molecule has 1 aliphatic carbocycles. The molecule has 1 aliphatic rings. The molecule has 0 heterocycles. The number of unbranched alkanes of at least 4 members (excludes halogenated alkanes) is 1. The Morgan fingerprint density at radius 1 is 1.02 bits per heavy atom. The Hall–Kier alpha value is -1.91. The van der Waals surface area contributed by atoms with Crippen LogP contribution in [-0.4, -0.2) is 75.7 Å². The molecule has 1 fully saturated rings. The van der Waals surface area contributed by atoms with Crippen molar-refractivity contribution in [1.29, 1.82) is 0 Å². The summed E-state index contributed by atoms with van der Waals surface area (Å²) in [6.07, 6.45) is 5.47. The molecule has 242 valence electrons. The molecule has 0 saturated heterocycles. The Morgan fingerprint density at radius 2 is 1.67 bits per heavy atom. The van der Waals surface area contributed by atoms with Crippen LogP contribution in [0.15, 0.2) is 24.3 Å². The minimum atomic E-state index is -0.886. The quantitative estimate of drug-likeness (QED) is 0.181. The number of aliphatic hydroxyl groups excluding tert-OH is 1. The van der Waals surface area contributed by atoms with Crippen LogP contribution in [0.25, 0.3) is 0 Å². The van der Waals surface area contributed by atoms with E-state index in [1.807, 2.05) is 26.0 Å². The van der Waals surface area contributed by atoms with Gasteiger partial charge >= 0.3 is 0 Å². The van der Waals surface area contributed by atoms with Gasteiger partial charge in [0.2, 0.25) is 5.91 Å². The Kier molecular flexibility index (Phi) is 17.6. The number of benzene rings is 1. The highest BCUT2D eigenvalue weighted by Crippen LogP contribution is 2.39. The lowest BCUT2D eigenvalue weighted by molar-refractivity contribution is -0.134. The second-order valence-corrected chi connectivity index (χ2v) is 12.4. The number of hydrogen-bond donors (Lipinski definition) is 4. The molecular weight excluding hydrogens is 558 g/mol. The summed E-state index contributed by atoms with van der Waals surface area (Å²) in [4.78, 5) is 26.1. The molecule has 0 aromatic heterocycles. The standard InChI is InChI=1S/C32H55N3O6.ClH/c1-22(2)23(20-34-30(37)26-11-7-8-12-29(26)41-18-10-9-17-39-5)19-27(33)28(36)21-35-31(38)32(3,4)24-13-15-25(40-6)16-14-24;/h7-8,11-12,22-25,27-28,36H,9-10,13-21,33H2,1-6H3,(H,34,37)(H,35,38);1H. The number of nitrogens with two attached hydrogens (primary N) is 1. The van der Waals surface area contributed by atoms with Gasteiger partial charge in [0.25, 0.3) is 5.91 Å². The van der Waals surface area contributed by atoms with Gasteiger partial charge in [-0.25, -0.2) is 0 Å². The minimum Gasteiger partial charge on any atom is -0.493 e. The Bertz CT molecular complexity index is 923. The van der Waals surface area contributed by atoms with Crippen molar-refractivity contribution in [1.82, 2.24) is 10.6 Å². The summed E-state index contributed by atoms with van der Waals surface area (Å²) in [5.74, 6) is 0.856. The third kappa shape index (κ3) is 12.0. The fraction of sp³-hybridized carbons (Fsp3) is 0.750. The first-order chi connectivity index (χ1) is 19.5. The number of rotatable bonds is 18. The zero-order valence-electron chi connectivity index (χ0n) is 26.5. The average Bonchev–Trinajstić information content (AvgIpc) is 2.97. The maximum absolute atomic E-state index is 13.1. The second-order valence-electron chi connectivity index (χ2n) is 12.4. The van der Waals surface area contributed by atoms with Gasteiger partial charge < -0.3 is 35.7 Å². The number of methoxy groups -OCH3 is 2. The molecule has 1 aromatic carbocycles. The van der Waals surface area contributed by atoms with Crippen LogP contribution < -0.4 is 21.1 Å². The predicted molar refractivity (Wildman–Crippen MR) is 169 cm³/mol. The number of carbonyl (C=O) groups excluding carboxylic acids is 2. The summed E-state index contributed by atoms with van der Waals surface area (Å²) in [5, 5.41) is 16.8.